The van der Waals surface area contributed by atoms with Crippen LogP contribution in [0.5, 0.6) is 0 Å². The maximum absolute atomic E-state index is 4.73. The maximum Gasteiger partial charge on any atom is 0.122 e. The van der Waals surface area contributed by atoms with E-state index in [0.29, 0.717) is 5.92 Å². The molecule has 2 aromatic rings. The molecule has 21 heavy (non-hydrogen) atoms. The molecule has 0 spiro atoms. The first-order valence-electron chi connectivity index (χ1n) is 7.50. The van der Waals surface area contributed by atoms with Gasteiger partial charge in [-0.2, -0.15) is 0 Å². The van der Waals surface area contributed by atoms with Crippen molar-refractivity contribution in [3.8, 4) is 0 Å². The molecule has 0 saturated carbocycles. The van der Waals surface area contributed by atoms with Crippen LogP contribution in [0.25, 0.3) is 0 Å². The third-order valence-electron chi connectivity index (χ3n) is 4.24. The van der Waals surface area contributed by atoms with Gasteiger partial charge in [-0.1, -0.05) is 0 Å². The highest BCUT2D eigenvalue weighted by atomic mass is 15.2. The highest BCUT2D eigenvalue weighted by Gasteiger charge is 2.26. The summed E-state index contributed by atoms with van der Waals surface area (Å²) in [5, 5.41) is 3.22. The van der Waals surface area contributed by atoms with Crippen LogP contribution in [0.3, 0.4) is 0 Å². The van der Waals surface area contributed by atoms with Crippen LogP contribution in [-0.4, -0.2) is 39.6 Å². The van der Waals surface area contributed by atoms with Crippen molar-refractivity contribution in [2.75, 3.05) is 25.5 Å². The number of rotatable bonds is 4. The van der Waals surface area contributed by atoms with Crippen LogP contribution in [-0.2, 0) is 13.6 Å². The van der Waals surface area contributed by atoms with E-state index in [4.69, 9.17) is 4.98 Å². The molecule has 0 amide bonds. The minimum absolute atomic E-state index is 0.525. The zero-order chi connectivity index (χ0) is 14.8. The fourth-order valence-electron chi connectivity index (χ4n) is 3.01. The molecule has 112 valence electrons. The predicted molar refractivity (Wildman–Crippen MR) is 84.4 cm³/mol. The molecule has 1 aliphatic heterocycles. The van der Waals surface area contributed by atoms with Gasteiger partial charge in [0.25, 0.3) is 0 Å². The molecular formula is C16H23N5. The smallest absolute Gasteiger partial charge is 0.122 e. The summed E-state index contributed by atoms with van der Waals surface area (Å²) in [6, 6.07) is 4.27. The van der Waals surface area contributed by atoms with Gasteiger partial charge in [-0.25, -0.2) is 4.98 Å². The van der Waals surface area contributed by atoms with Gasteiger partial charge in [0.15, 0.2) is 0 Å². The van der Waals surface area contributed by atoms with Crippen LogP contribution >= 0.6 is 0 Å². The van der Waals surface area contributed by atoms with E-state index in [1.165, 1.54) is 12.1 Å². The van der Waals surface area contributed by atoms with Crippen LogP contribution in [0, 0.1) is 6.92 Å². The zero-order valence-electron chi connectivity index (χ0n) is 13.0. The normalized spacial score (nSPS) is 19.1. The Kier molecular flexibility index (Phi) is 3.92. The standard InChI is InChI=1S/C16H23N5/c1-12-8-14(17-2)9-15(19-12)13-4-6-21(10-13)11-16-18-5-7-20(16)3/h5,7-9,13H,4,6,10-11H2,1-3H3,(H,17,19). The molecule has 0 aromatic carbocycles. The highest BCUT2D eigenvalue weighted by molar-refractivity contribution is 5.45. The summed E-state index contributed by atoms with van der Waals surface area (Å²) in [6.07, 6.45) is 5.04. The molecule has 1 atom stereocenters. The Hall–Kier alpha value is -1.88. The molecule has 1 unspecified atom stereocenters. The van der Waals surface area contributed by atoms with E-state index in [0.717, 1.165) is 36.8 Å². The first kappa shape index (κ1) is 14.1. The van der Waals surface area contributed by atoms with Crippen LogP contribution < -0.4 is 5.32 Å². The number of aromatic nitrogens is 3. The summed E-state index contributed by atoms with van der Waals surface area (Å²) in [4.78, 5) is 11.6. The molecule has 1 N–H and O–H groups in total. The van der Waals surface area contributed by atoms with Crippen molar-refractivity contribution in [1.29, 1.82) is 0 Å². The molecule has 0 bridgehead atoms. The Bertz CT molecular complexity index is 619. The van der Waals surface area contributed by atoms with Gasteiger partial charge in [0.05, 0.1) is 6.54 Å². The number of anilines is 1. The lowest BCUT2D eigenvalue weighted by Gasteiger charge is -2.16. The van der Waals surface area contributed by atoms with Gasteiger partial charge in [-0.15, -0.1) is 0 Å². The van der Waals surface area contributed by atoms with Crippen molar-refractivity contribution in [3.63, 3.8) is 0 Å². The van der Waals surface area contributed by atoms with E-state index < -0.39 is 0 Å². The fraction of sp³-hybridized carbons (Fsp3) is 0.500. The third kappa shape index (κ3) is 3.08. The average molecular weight is 285 g/mol. The Morgan fingerprint density at radius 2 is 2.24 bits per heavy atom. The first-order chi connectivity index (χ1) is 10.2. The highest BCUT2D eigenvalue weighted by Crippen LogP contribution is 2.28. The molecule has 1 aliphatic rings. The molecule has 3 rings (SSSR count). The second-order valence-electron chi connectivity index (χ2n) is 5.85. The summed E-state index contributed by atoms with van der Waals surface area (Å²) in [5.74, 6) is 1.65. The number of aryl methyl sites for hydroxylation is 2. The van der Waals surface area contributed by atoms with Crippen LogP contribution in [0.15, 0.2) is 24.5 Å². The molecule has 3 heterocycles. The van der Waals surface area contributed by atoms with E-state index in [1.807, 2.05) is 19.4 Å². The van der Waals surface area contributed by atoms with Crippen molar-refractivity contribution in [3.05, 3.63) is 41.7 Å². The lowest BCUT2D eigenvalue weighted by Crippen LogP contribution is -2.22. The van der Waals surface area contributed by atoms with Crippen molar-refractivity contribution in [2.24, 2.45) is 7.05 Å². The number of hydrogen-bond acceptors (Lipinski definition) is 4. The molecule has 0 aliphatic carbocycles. The minimum Gasteiger partial charge on any atom is -0.388 e. The van der Waals surface area contributed by atoms with E-state index in [9.17, 15) is 0 Å². The first-order valence-corrected chi connectivity index (χ1v) is 7.50. The monoisotopic (exact) mass is 285 g/mol. The number of nitrogens with zero attached hydrogens (tertiary/aromatic N) is 4. The zero-order valence-corrected chi connectivity index (χ0v) is 13.0. The van der Waals surface area contributed by atoms with Crippen molar-refractivity contribution >= 4 is 5.69 Å². The molecule has 5 heteroatoms. The predicted octanol–water partition coefficient (Wildman–Crippen LogP) is 2.15. The molecule has 5 nitrogen and oxygen atoms in total. The Morgan fingerprint density at radius 3 is 2.95 bits per heavy atom. The van der Waals surface area contributed by atoms with Gasteiger partial charge in [0, 0.05) is 56.0 Å². The number of nitrogens with one attached hydrogen (secondary N) is 1. The Morgan fingerprint density at radius 1 is 1.38 bits per heavy atom. The Balaban J connectivity index is 1.69. The molecule has 1 fully saturated rings. The van der Waals surface area contributed by atoms with Gasteiger partial charge in [-0.05, 0) is 32.0 Å². The largest absolute Gasteiger partial charge is 0.388 e. The summed E-state index contributed by atoms with van der Waals surface area (Å²) in [5.41, 5.74) is 3.45. The van der Waals surface area contributed by atoms with Gasteiger partial charge in [-0.3, -0.25) is 9.88 Å². The minimum atomic E-state index is 0.525. The van der Waals surface area contributed by atoms with Crippen molar-refractivity contribution in [1.82, 2.24) is 19.4 Å². The van der Waals surface area contributed by atoms with E-state index in [-0.39, 0.29) is 0 Å². The van der Waals surface area contributed by atoms with Crippen LogP contribution in [0.4, 0.5) is 5.69 Å². The summed E-state index contributed by atoms with van der Waals surface area (Å²) in [6.45, 7) is 5.16. The second-order valence-corrected chi connectivity index (χ2v) is 5.85. The van der Waals surface area contributed by atoms with Gasteiger partial charge < -0.3 is 9.88 Å². The van der Waals surface area contributed by atoms with Gasteiger partial charge in [0.2, 0.25) is 0 Å². The van der Waals surface area contributed by atoms with Gasteiger partial charge in [0.1, 0.15) is 5.82 Å². The number of likely N-dealkylation sites (tertiary alicyclic amines) is 1. The molecule has 1 saturated heterocycles. The SMILES string of the molecule is CNc1cc(C)nc(C2CCN(Cc3nccn3C)C2)c1. The maximum atomic E-state index is 4.73. The molecular weight excluding hydrogens is 262 g/mol. The second kappa shape index (κ2) is 5.85. The Labute approximate surface area is 126 Å². The van der Waals surface area contributed by atoms with Crippen molar-refractivity contribution < 1.29 is 0 Å². The third-order valence-corrected chi connectivity index (χ3v) is 4.24. The number of hydrogen-bond donors (Lipinski definition) is 1. The van der Waals surface area contributed by atoms with Crippen LogP contribution in [0.1, 0.15) is 29.6 Å². The van der Waals surface area contributed by atoms with E-state index in [2.05, 4.69) is 45.9 Å². The quantitative estimate of drug-likeness (QED) is 0.935. The lowest BCUT2D eigenvalue weighted by atomic mass is 10.0. The summed E-state index contributed by atoms with van der Waals surface area (Å²) in [7, 11) is 4.01. The lowest BCUT2D eigenvalue weighted by molar-refractivity contribution is 0.314. The topological polar surface area (TPSA) is 46.0 Å². The van der Waals surface area contributed by atoms with E-state index in [1.54, 1.807) is 0 Å². The fourth-order valence-corrected chi connectivity index (χ4v) is 3.01. The number of imidazole rings is 1. The summed E-state index contributed by atoms with van der Waals surface area (Å²) >= 11 is 0. The molecule has 2 aromatic heterocycles. The number of pyridine rings is 1. The molecule has 0 radical (unpaired) electrons. The van der Waals surface area contributed by atoms with E-state index >= 15 is 0 Å². The average Bonchev–Trinajstić information content (AvgIpc) is 3.09. The van der Waals surface area contributed by atoms with Crippen LogP contribution in [0.2, 0.25) is 0 Å². The summed E-state index contributed by atoms with van der Waals surface area (Å²) < 4.78 is 2.09. The van der Waals surface area contributed by atoms with Gasteiger partial charge >= 0.3 is 0 Å². The van der Waals surface area contributed by atoms with Crippen molar-refractivity contribution in [2.45, 2.75) is 25.8 Å².